The number of ether oxygens (including phenoxy) is 2. The predicted molar refractivity (Wildman–Crippen MR) is 68.0 cm³/mol. The summed E-state index contributed by atoms with van der Waals surface area (Å²) in [4.78, 5) is 2.20. The third kappa shape index (κ3) is 2.06. The number of nitrogens with zero attached hydrogens (tertiary/aromatic N) is 1. The average Bonchev–Trinajstić information content (AvgIpc) is 3.06. The average molecular weight is 249 g/mol. The first-order valence-corrected chi connectivity index (χ1v) is 6.37. The molecule has 1 aromatic carbocycles. The fourth-order valence-electron chi connectivity index (χ4n) is 2.36. The standard InChI is InChI=1S/C14H19NO3/c1-15-8-11(9-15)18-13-7-10(14(16)5-6-14)3-4-12(13)17-2/h3-4,7,11,16H,5-6,8-9H2,1-2H3. The summed E-state index contributed by atoms with van der Waals surface area (Å²) < 4.78 is 11.2. The Kier molecular flexibility index (Phi) is 2.72. The van der Waals surface area contributed by atoms with Gasteiger partial charge >= 0.3 is 0 Å². The van der Waals surface area contributed by atoms with Gasteiger partial charge in [0, 0.05) is 13.1 Å². The van der Waals surface area contributed by atoms with Crippen molar-refractivity contribution in [1.29, 1.82) is 0 Å². The molecule has 1 aromatic rings. The van der Waals surface area contributed by atoms with Crippen LogP contribution in [0.2, 0.25) is 0 Å². The van der Waals surface area contributed by atoms with Crippen LogP contribution >= 0.6 is 0 Å². The Hall–Kier alpha value is -1.26. The van der Waals surface area contributed by atoms with Gasteiger partial charge in [-0.05, 0) is 37.6 Å². The zero-order valence-electron chi connectivity index (χ0n) is 10.8. The Labute approximate surface area is 107 Å². The molecule has 1 saturated carbocycles. The van der Waals surface area contributed by atoms with Crippen LogP contribution in [0.25, 0.3) is 0 Å². The monoisotopic (exact) mass is 249 g/mol. The van der Waals surface area contributed by atoms with E-state index in [9.17, 15) is 5.11 Å². The second-order valence-electron chi connectivity index (χ2n) is 5.36. The molecule has 4 nitrogen and oxygen atoms in total. The van der Waals surface area contributed by atoms with Crippen LogP contribution in [0.15, 0.2) is 18.2 Å². The molecule has 0 unspecified atom stereocenters. The molecule has 1 heterocycles. The normalized spacial score (nSPS) is 22.4. The van der Waals surface area contributed by atoms with Crippen LogP contribution in [-0.2, 0) is 5.60 Å². The van der Waals surface area contributed by atoms with E-state index in [2.05, 4.69) is 11.9 Å². The number of likely N-dealkylation sites (N-methyl/N-ethyl adjacent to an activating group) is 1. The third-order valence-corrected chi connectivity index (χ3v) is 3.75. The molecule has 1 aliphatic carbocycles. The Balaban J connectivity index is 1.81. The summed E-state index contributed by atoms with van der Waals surface area (Å²) in [6.07, 6.45) is 1.91. The fourth-order valence-corrected chi connectivity index (χ4v) is 2.36. The maximum absolute atomic E-state index is 10.1. The van der Waals surface area contributed by atoms with Crippen molar-refractivity contribution in [2.45, 2.75) is 24.5 Å². The van der Waals surface area contributed by atoms with Crippen molar-refractivity contribution in [2.75, 3.05) is 27.2 Å². The molecular weight excluding hydrogens is 230 g/mol. The molecule has 98 valence electrons. The first kappa shape index (κ1) is 11.8. The maximum Gasteiger partial charge on any atom is 0.162 e. The number of hydrogen-bond acceptors (Lipinski definition) is 4. The smallest absolute Gasteiger partial charge is 0.162 e. The Morgan fingerprint density at radius 2 is 2.00 bits per heavy atom. The van der Waals surface area contributed by atoms with Crippen molar-refractivity contribution in [3.63, 3.8) is 0 Å². The largest absolute Gasteiger partial charge is 0.493 e. The van der Waals surface area contributed by atoms with E-state index in [0.29, 0.717) is 0 Å². The molecule has 0 bridgehead atoms. The van der Waals surface area contributed by atoms with E-state index in [0.717, 1.165) is 43.0 Å². The van der Waals surface area contributed by atoms with Crippen LogP contribution in [0.4, 0.5) is 0 Å². The van der Waals surface area contributed by atoms with Crippen molar-refractivity contribution in [3.8, 4) is 11.5 Å². The minimum absolute atomic E-state index is 0.230. The lowest BCUT2D eigenvalue weighted by atomic mass is 10.1. The first-order chi connectivity index (χ1) is 8.60. The van der Waals surface area contributed by atoms with Gasteiger partial charge in [-0.15, -0.1) is 0 Å². The molecular formula is C14H19NO3. The molecule has 0 aromatic heterocycles. The summed E-state index contributed by atoms with van der Waals surface area (Å²) in [6, 6.07) is 5.72. The van der Waals surface area contributed by atoms with E-state index in [1.165, 1.54) is 0 Å². The number of benzene rings is 1. The topological polar surface area (TPSA) is 41.9 Å². The number of likely N-dealkylation sites (tertiary alicyclic amines) is 1. The summed E-state index contributed by atoms with van der Waals surface area (Å²) >= 11 is 0. The van der Waals surface area contributed by atoms with E-state index in [1.54, 1.807) is 7.11 Å². The number of rotatable bonds is 4. The van der Waals surface area contributed by atoms with E-state index >= 15 is 0 Å². The lowest BCUT2D eigenvalue weighted by Gasteiger charge is -2.36. The first-order valence-electron chi connectivity index (χ1n) is 6.37. The molecule has 1 saturated heterocycles. The van der Waals surface area contributed by atoms with Crippen molar-refractivity contribution >= 4 is 0 Å². The lowest BCUT2D eigenvalue weighted by molar-refractivity contribution is 0.0366. The highest BCUT2D eigenvalue weighted by molar-refractivity contribution is 5.46. The zero-order chi connectivity index (χ0) is 12.8. The number of hydrogen-bond donors (Lipinski definition) is 1. The van der Waals surface area contributed by atoms with Crippen molar-refractivity contribution in [3.05, 3.63) is 23.8 Å². The minimum atomic E-state index is -0.624. The molecule has 4 heteroatoms. The fraction of sp³-hybridized carbons (Fsp3) is 0.571. The maximum atomic E-state index is 10.1. The zero-order valence-corrected chi connectivity index (χ0v) is 10.8. The third-order valence-electron chi connectivity index (χ3n) is 3.75. The van der Waals surface area contributed by atoms with Crippen LogP contribution in [0.5, 0.6) is 11.5 Å². The summed E-state index contributed by atoms with van der Waals surface area (Å²) in [5.74, 6) is 1.48. The SMILES string of the molecule is COc1ccc(C2(O)CC2)cc1OC1CN(C)C1. The second-order valence-corrected chi connectivity index (χ2v) is 5.36. The molecule has 0 amide bonds. The molecule has 1 aliphatic heterocycles. The minimum Gasteiger partial charge on any atom is -0.493 e. The van der Waals surface area contributed by atoms with Crippen molar-refractivity contribution in [2.24, 2.45) is 0 Å². The number of aliphatic hydroxyl groups is 1. The summed E-state index contributed by atoms with van der Waals surface area (Å²) in [5, 5.41) is 10.1. The van der Waals surface area contributed by atoms with Crippen LogP contribution in [0.3, 0.4) is 0 Å². The number of methoxy groups -OCH3 is 1. The van der Waals surface area contributed by atoms with Gasteiger partial charge in [-0.3, -0.25) is 4.90 Å². The summed E-state index contributed by atoms with van der Waals surface area (Å²) in [6.45, 7) is 1.88. The van der Waals surface area contributed by atoms with E-state index < -0.39 is 5.60 Å². The Bertz CT molecular complexity index is 450. The van der Waals surface area contributed by atoms with Gasteiger partial charge in [0.15, 0.2) is 11.5 Å². The van der Waals surface area contributed by atoms with Gasteiger partial charge in [-0.1, -0.05) is 6.07 Å². The lowest BCUT2D eigenvalue weighted by Crippen LogP contribution is -2.51. The highest BCUT2D eigenvalue weighted by atomic mass is 16.5. The van der Waals surface area contributed by atoms with Crippen molar-refractivity contribution in [1.82, 2.24) is 4.90 Å². The summed E-state index contributed by atoms with van der Waals surface area (Å²) in [7, 11) is 3.71. The Morgan fingerprint density at radius 1 is 1.28 bits per heavy atom. The van der Waals surface area contributed by atoms with E-state index in [1.807, 2.05) is 18.2 Å². The quantitative estimate of drug-likeness (QED) is 0.875. The predicted octanol–water partition coefficient (Wildman–Crippen LogP) is 1.37. The Morgan fingerprint density at radius 3 is 2.56 bits per heavy atom. The van der Waals surface area contributed by atoms with Crippen LogP contribution in [0, 0.1) is 0 Å². The molecule has 2 aliphatic rings. The molecule has 0 radical (unpaired) electrons. The van der Waals surface area contributed by atoms with Gasteiger partial charge in [-0.25, -0.2) is 0 Å². The highest BCUT2D eigenvalue weighted by Gasteiger charge is 2.42. The molecule has 2 fully saturated rings. The highest BCUT2D eigenvalue weighted by Crippen LogP contribution is 2.47. The van der Waals surface area contributed by atoms with Gasteiger partial charge in [-0.2, -0.15) is 0 Å². The van der Waals surface area contributed by atoms with E-state index in [4.69, 9.17) is 9.47 Å². The van der Waals surface area contributed by atoms with Gasteiger partial charge in [0.2, 0.25) is 0 Å². The molecule has 18 heavy (non-hydrogen) atoms. The molecule has 0 spiro atoms. The van der Waals surface area contributed by atoms with Gasteiger partial charge in [0.05, 0.1) is 12.7 Å². The van der Waals surface area contributed by atoms with E-state index in [-0.39, 0.29) is 6.10 Å². The molecule has 3 rings (SSSR count). The van der Waals surface area contributed by atoms with Gasteiger partial charge in [0.1, 0.15) is 6.10 Å². The van der Waals surface area contributed by atoms with Crippen molar-refractivity contribution < 1.29 is 14.6 Å². The second kappa shape index (κ2) is 4.14. The molecule has 1 N–H and O–H groups in total. The van der Waals surface area contributed by atoms with Gasteiger partial charge < -0.3 is 14.6 Å². The van der Waals surface area contributed by atoms with Crippen LogP contribution in [0.1, 0.15) is 18.4 Å². The van der Waals surface area contributed by atoms with Crippen LogP contribution in [-0.4, -0.2) is 43.4 Å². The van der Waals surface area contributed by atoms with Crippen LogP contribution < -0.4 is 9.47 Å². The summed E-state index contributed by atoms with van der Waals surface area (Å²) in [5.41, 5.74) is 0.312. The van der Waals surface area contributed by atoms with Gasteiger partial charge in [0.25, 0.3) is 0 Å². The molecule has 0 atom stereocenters.